The molecule has 0 fully saturated rings. The molecule has 12 heavy (non-hydrogen) atoms. The summed E-state index contributed by atoms with van der Waals surface area (Å²) in [4.78, 5) is 10.5. The Kier molecular flexibility index (Phi) is 2.34. The van der Waals surface area contributed by atoms with Gasteiger partial charge in [0.1, 0.15) is 11.5 Å². The van der Waals surface area contributed by atoms with Crippen molar-refractivity contribution in [2.75, 3.05) is 0 Å². The quantitative estimate of drug-likeness (QED) is 0.289. The summed E-state index contributed by atoms with van der Waals surface area (Å²) in [5, 5.41) is 8.87. The number of rotatable bonds is 1. The van der Waals surface area contributed by atoms with Gasteiger partial charge in [-0.25, -0.2) is 4.79 Å². The van der Waals surface area contributed by atoms with Crippen LogP contribution in [-0.2, 0) is 4.79 Å². The van der Waals surface area contributed by atoms with Gasteiger partial charge in [-0.1, -0.05) is 0 Å². The maximum atomic E-state index is 10.5. The Morgan fingerprint density at radius 3 is 2.50 bits per heavy atom. The molecule has 1 N–H and O–H groups in total. The van der Waals surface area contributed by atoms with E-state index in [0.29, 0.717) is 5.75 Å². The number of terminal acetylenes is 1. The van der Waals surface area contributed by atoms with Crippen molar-refractivity contribution in [3.63, 3.8) is 0 Å². The molecular weight excluding hydrogens is 156 g/mol. The number of ether oxygens (including phenoxy) is 1. The van der Waals surface area contributed by atoms with E-state index in [0.717, 1.165) is 0 Å². The van der Waals surface area contributed by atoms with Crippen LogP contribution in [0.3, 0.4) is 0 Å². The molecule has 0 heterocycles. The van der Waals surface area contributed by atoms with Crippen molar-refractivity contribution in [2.24, 2.45) is 0 Å². The van der Waals surface area contributed by atoms with Gasteiger partial charge in [-0.3, -0.25) is 0 Å². The van der Waals surface area contributed by atoms with Crippen molar-refractivity contribution < 1.29 is 14.6 Å². The number of carbonyl (C=O) groups is 1. The molecule has 0 aliphatic heterocycles. The molecule has 60 valence electrons. The van der Waals surface area contributed by atoms with Crippen molar-refractivity contribution in [1.29, 1.82) is 0 Å². The molecular formula is C9H6O3. The van der Waals surface area contributed by atoms with Crippen molar-refractivity contribution in [1.82, 2.24) is 0 Å². The van der Waals surface area contributed by atoms with Crippen LogP contribution in [-0.4, -0.2) is 11.1 Å². The summed E-state index contributed by atoms with van der Waals surface area (Å²) in [5.41, 5.74) is 0. The first kappa shape index (κ1) is 8.15. The van der Waals surface area contributed by atoms with E-state index >= 15 is 0 Å². The van der Waals surface area contributed by atoms with Gasteiger partial charge in [-0.15, -0.1) is 6.42 Å². The van der Waals surface area contributed by atoms with Gasteiger partial charge < -0.3 is 9.84 Å². The summed E-state index contributed by atoms with van der Waals surface area (Å²) >= 11 is 0. The number of esters is 1. The number of hydrogen-bond acceptors (Lipinski definition) is 3. The van der Waals surface area contributed by atoms with Crippen LogP contribution >= 0.6 is 0 Å². The molecule has 1 aromatic carbocycles. The molecule has 3 nitrogen and oxygen atoms in total. The first-order valence-corrected chi connectivity index (χ1v) is 3.20. The average Bonchev–Trinajstić information content (AvgIpc) is 2.09. The number of phenols is 1. The summed E-state index contributed by atoms with van der Waals surface area (Å²) in [6.45, 7) is 0. The second-order valence-corrected chi connectivity index (χ2v) is 2.03. The predicted molar refractivity (Wildman–Crippen MR) is 42.6 cm³/mol. The van der Waals surface area contributed by atoms with Gasteiger partial charge in [-0.05, 0) is 24.3 Å². The first-order valence-electron chi connectivity index (χ1n) is 3.20. The molecule has 0 atom stereocenters. The average molecular weight is 162 g/mol. The van der Waals surface area contributed by atoms with Crippen LogP contribution in [0.25, 0.3) is 0 Å². The Hall–Kier alpha value is -1.95. The second kappa shape index (κ2) is 3.44. The first-order chi connectivity index (χ1) is 5.72. The minimum absolute atomic E-state index is 0.107. The lowest BCUT2D eigenvalue weighted by atomic mass is 10.3. The zero-order valence-corrected chi connectivity index (χ0v) is 6.15. The molecule has 0 amide bonds. The topological polar surface area (TPSA) is 46.5 Å². The molecule has 3 heteroatoms. The lowest BCUT2D eigenvalue weighted by Crippen LogP contribution is -2.03. The summed E-state index contributed by atoms with van der Waals surface area (Å²) < 4.78 is 4.63. The zero-order chi connectivity index (χ0) is 8.97. The van der Waals surface area contributed by atoms with Crippen molar-refractivity contribution >= 4 is 5.97 Å². The molecule has 1 aromatic rings. The van der Waals surface area contributed by atoms with E-state index in [9.17, 15) is 4.79 Å². The highest BCUT2D eigenvalue weighted by molar-refractivity contribution is 5.89. The molecule has 0 radical (unpaired) electrons. The largest absolute Gasteiger partial charge is 0.508 e. The number of aromatic hydroxyl groups is 1. The van der Waals surface area contributed by atoms with Gasteiger partial charge in [0.25, 0.3) is 0 Å². The fraction of sp³-hybridized carbons (Fsp3) is 0. The number of carbonyl (C=O) groups excluding carboxylic acids is 1. The Labute approximate surface area is 69.6 Å². The molecule has 0 spiro atoms. The predicted octanol–water partition coefficient (Wildman–Crippen LogP) is 0.931. The molecule has 0 aliphatic carbocycles. The smallest absolute Gasteiger partial charge is 0.389 e. The molecule has 0 unspecified atom stereocenters. The van der Waals surface area contributed by atoms with Crippen molar-refractivity contribution in [3.8, 4) is 23.8 Å². The maximum Gasteiger partial charge on any atom is 0.389 e. The van der Waals surface area contributed by atoms with Crippen LogP contribution < -0.4 is 4.74 Å². The van der Waals surface area contributed by atoms with Crippen LogP contribution in [0.1, 0.15) is 0 Å². The Balaban J connectivity index is 2.73. The highest BCUT2D eigenvalue weighted by Crippen LogP contribution is 2.15. The molecule has 0 saturated heterocycles. The van der Waals surface area contributed by atoms with Crippen LogP contribution in [0.2, 0.25) is 0 Å². The summed E-state index contributed by atoms with van der Waals surface area (Å²) in [6.07, 6.45) is 4.78. The zero-order valence-electron chi connectivity index (χ0n) is 6.15. The minimum Gasteiger partial charge on any atom is -0.508 e. The third kappa shape index (κ3) is 2.03. The number of hydrogen-bond donors (Lipinski definition) is 1. The molecule has 0 saturated carbocycles. The highest BCUT2D eigenvalue weighted by Gasteiger charge is 1.98. The summed E-state index contributed by atoms with van der Waals surface area (Å²) in [6, 6.07) is 5.70. The van der Waals surface area contributed by atoms with Gasteiger partial charge in [0.2, 0.25) is 0 Å². The van der Waals surface area contributed by atoms with Crippen molar-refractivity contribution in [2.45, 2.75) is 0 Å². The standard InChI is InChI=1S/C9H6O3/c1-2-9(11)12-8-5-3-7(10)4-6-8/h1,3-6,10H. The normalized spacial score (nSPS) is 8.58. The van der Waals surface area contributed by atoms with E-state index in [1.807, 2.05) is 0 Å². The van der Waals surface area contributed by atoms with Gasteiger partial charge in [0.05, 0.1) is 0 Å². The van der Waals surface area contributed by atoms with Gasteiger partial charge in [0.15, 0.2) is 0 Å². The highest BCUT2D eigenvalue weighted by atomic mass is 16.5. The van der Waals surface area contributed by atoms with Crippen LogP contribution in [0.5, 0.6) is 11.5 Å². The van der Waals surface area contributed by atoms with Crippen LogP contribution in [0.4, 0.5) is 0 Å². The molecule has 0 aliphatic rings. The second-order valence-electron chi connectivity index (χ2n) is 2.03. The third-order valence-corrected chi connectivity index (χ3v) is 1.17. The Morgan fingerprint density at radius 1 is 1.42 bits per heavy atom. The van der Waals surface area contributed by atoms with Gasteiger partial charge in [0, 0.05) is 5.92 Å². The van der Waals surface area contributed by atoms with E-state index in [4.69, 9.17) is 11.5 Å². The summed E-state index contributed by atoms with van der Waals surface area (Å²) in [7, 11) is 0. The molecule has 0 aromatic heterocycles. The van der Waals surface area contributed by atoms with E-state index < -0.39 is 5.97 Å². The van der Waals surface area contributed by atoms with Crippen LogP contribution in [0, 0.1) is 12.3 Å². The lowest BCUT2D eigenvalue weighted by Gasteiger charge is -1.98. The van der Waals surface area contributed by atoms with Gasteiger partial charge >= 0.3 is 5.97 Å². The third-order valence-electron chi connectivity index (χ3n) is 1.17. The minimum atomic E-state index is -0.749. The Morgan fingerprint density at radius 2 is 2.00 bits per heavy atom. The van der Waals surface area contributed by atoms with E-state index in [1.165, 1.54) is 24.3 Å². The fourth-order valence-electron chi connectivity index (χ4n) is 0.651. The lowest BCUT2D eigenvalue weighted by molar-refractivity contribution is -0.128. The van der Waals surface area contributed by atoms with Crippen LogP contribution in [0.15, 0.2) is 24.3 Å². The molecule has 0 bridgehead atoms. The molecule has 1 rings (SSSR count). The monoisotopic (exact) mass is 162 g/mol. The number of phenolic OH excluding ortho intramolecular Hbond substituents is 1. The van der Waals surface area contributed by atoms with E-state index in [-0.39, 0.29) is 5.75 Å². The fourth-order valence-corrected chi connectivity index (χ4v) is 0.651. The summed E-state index contributed by atoms with van der Waals surface area (Å²) in [5.74, 6) is 1.48. The van der Waals surface area contributed by atoms with Crippen molar-refractivity contribution in [3.05, 3.63) is 24.3 Å². The maximum absolute atomic E-state index is 10.5. The SMILES string of the molecule is C#CC(=O)Oc1ccc(O)cc1. The Bertz CT molecular complexity index is 319. The van der Waals surface area contributed by atoms with E-state index in [1.54, 1.807) is 5.92 Å². The van der Waals surface area contributed by atoms with Gasteiger partial charge in [-0.2, -0.15) is 0 Å². The van der Waals surface area contributed by atoms with E-state index in [2.05, 4.69) is 4.74 Å². The number of benzene rings is 1.